The number of nitro benzene ring substituents is 1. The van der Waals surface area contributed by atoms with Gasteiger partial charge in [-0.05, 0) is 25.5 Å². The average molecular weight is 209 g/mol. The lowest BCUT2D eigenvalue weighted by Crippen LogP contribution is -2.02. The Morgan fingerprint density at radius 1 is 1.47 bits per heavy atom. The first kappa shape index (κ1) is 11.2. The summed E-state index contributed by atoms with van der Waals surface area (Å²) in [6, 6.07) is 2.96. The summed E-state index contributed by atoms with van der Waals surface area (Å²) < 4.78 is 4.89. The summed E-state index contributed by atoms with van der Waals surface area (Å²) >= 11 is 0. The molecule has 1 aromatic rings. The Bertz CT molecular complexity index is 390. The van der Waals surface area contributed by atoms with Crippen LogP contribution in [0.15, 0.2) is 12.1 Å². The highest BCUT2D eigenvalue weighted by Crippen LogP contribution is 2.32. The van der Waals surface area contributed by atoms with E-state index in [-0.39, 0.29) is 22.8 Å². The number of Topliss-reactive ketones (excluding diaryl/α,β-unsaturated/α-hetero) is 1. The standard InChI is InChI=1S/C10H11NO4/c1-6-4-8(7(2)12)10(15-3)9(5-6)11(13)14/h4-5H,1-3H3. The van der Waals surface area contributed by atoms with Crippen LogP contribution < -0.4 is 4.74 Å². The lowest BCUT2D eigenvalue weighted by molar-refractivity contribution is -0.385. The van der Waals surface area contributed by atoms with Crippen LogP contribution in [0.25, 0.3) is 0 Å². The van der Waals surface area contributed by atoms with Crippen LogP contribution >= 0.6 is 0 Å². The lowest BCUT2D eigenvalue weighted by atomic mass is 10.1. The van der Waals surface area contributed by atoms with Gasteiger partial charge in [0, 0.05) is 6.07 Å². The van der Waals surface area contributed by atoms with Gasteiger partial charge in [-0.2, -0.15) is 0 Å². The summed E-state index contributed by atoms with van der Waals surface area (Å²) in [5.41, 5.74) is 0.722. The molecule has 0 atom stereocenters. The highest BCUT2D eigenvalue weighted by molar-refractivity contribution is 5.98. The Morgan fingerprint density at radius 2 is 2.07 bits per heavy atom. The minimum Gasteiger partial charge on any atom is -0.490 e. The third-order valence-corrected chi connectivity index (χ3v) is 1.99. The van der Waals surface area contributed by atoms with Crippen LogP contribution in [0.2, 0.25) is 0 Å². The summed E-state index contributed by atoms with van der Waals surface area (Å²) in [6.07, 6.45) is 0. The number of rotatable bonds is 3. The number of carbonyl (C=O) groups is 1. The summed E-state index contributed by atoms with van der Waals surface area (Å²) in [5.74, 6) is -0.225. The molecule has 0 amide bonds. The number of nitrogens with zero attached hydrogens (tertiary/aromatic N) is 1. The molecule has 1 aromatic carbocycles. The zero-order valence-electron chi connectivity index (χ0n) is 8.73. The Kier molecular flexibility index (Phi) is 3.04. The van der Waals surface area contributed by atoms with Gasteiger partial charge in [0.2, 0.25) is 5.75 Å². The van der Waals surface area contributed by atoms with Crippen molar-refractivity contribution in [2.45, 2.75) is 13.8 Å². The second kappa shape index (κ2) is 4.08. The number of benzene rings is 1. The van der Waals surface area contributed by atoms with Crippen LogP contribution in [0.3, 0.4) is 0 Å². The number of aryl methyl sites for hydroxylation is 1. The molecule has 0 bridgehead atoms. The zero-order valence-corrected chi connectivity index (χ0v) is 8.73. The maximum Gasteiger partial charge on any atom is 0.311 e. The Morgan fingerprint density at radius 3 is 2.47 bits per heavy atom. The molecule has 0 aromatic heterocycles. The van der Waals surface area contributed by atoms with E-state index >= 15 is 0 Å². The number of carbonyl (C=O) groups excluding carboxylic acids is 1. The molecule has 0 unspecified atom stereocenters. The minimum atomic E-state index is -0.557. The number of ketones is 1. The molecule has 0 heterocycles. The molecule has 0 aliphatic heterocycles. The molecule has 0 radical (unpaired) electrons. The summed E-state index contributed by atoms with van der Waals surface area (Å²) in [5, 5.41) is 10.7. The molecule has 0 saturated carbocycles. The Balaban J connectivity index is 3.52. The van der Waals surface area contributed by atoms with Crippen LogP contribution in [0.4, 0.5) is 5.69 Å². The molecular formula is C10H11NO4. The molecule has 0 spiro atoms. The molecular weight excluding hydrogens is 198 g/mol. The summed E-state index contributed by atoms with van der Waals surface area (Å²) in [6.45, 7) is 3.04. The van der Waals surface area contributed by atoms with E-state index in [1.807, 2.05) is 0 Å². The smallest absolute Gasteiger partial charge is 0.311 e. The topological polar surface area (TPSA) is 69.4 Å². The maximum atomic E-state index is 11.2. The third kappa shape index (κ3) is 2.12. The van der Waals surface area contributed by atoms with Crippen molar-refractivity contribution in [3.8, 4) is 5.75 Å². The van der Waals surface area contributed by atoms with Gasteiger partial charge in [0.05, 0.1) is 17.6 Å². The number of ether oxygens (including phenoxy) is 1. The molecule has 15 heavy (non-hydrogen) atoms. The van der Waals surface area contributed by atoms with Gasteiger partial charge in [-0.25, -0.2) is 0 Å². The fourth-order valence-electron chi connectivity index (χ4n) is 1.37. The number of nitro groups is 1. The Labute approximate surface area is 86.8 Å². The van der Waals surface area contributed by atoms with Crippen LogP contribution in [0.5, 0.6) is 5.75 Å². The molecule has 0 aliphatic carbocycles. The first-order valence-electron chi connectivity index (χ1n) is 4.31. The van der Waals surface area contributed by atoms with Gasteiger partial charge < -0.3 is 4.74 Å². The van der Waals surface area contributed by atoms with Crippen LogP contribution in [0.1, 0.15) is 22.8 Å². The summed E-state index contributed by atoms with van der Waals surface area (Å²) in [4.78, 5) is 21.4. The molecule has 0 fully saturated rings. The zero-order chi connectivity index (χ0) is 11.6. The van der Waals surface area contributed by atoms with E-state index in [2.05, 4.69) is 0 Å². The van der Waals surface area contributed by atoms with E-state index in [1.54, 1.807) is 13.0 Å². The maximum absolute atomic E-state index is 11.2. The molecule has 5 nitrogen and oxygen atoms in total. The average Bonchev–Trinajstić information content (AvgIpc) is 2.16. The number of methoxy groups -OCH3 is 1. The highest BCUT2D eigenvalue weighted by atomic mass is 16.6. The van der Waals surface area contributed by atoms with Crippen molar-refractivity contribution in [3.63, 3.8) is 0 Å². The molecule has 0 N–H and O–H groups in total. The predicted molar refractivity (Wildman–Crippen MR) is 54.4 cm³/mol. The van der Waals surface area contributed by atoms with Crippen molar-refractivity contribution in [2.24, 2.45) is 0 Å². The first-order chi connectivity index (χ1) is 6.97. The van der Waals surface area contributed by atoms with Crippen molar-refractivity contribution in [2.75, 3.05) is 7.11 Å². The fraction of sp³-hybridized carbons (Fsp3) is 0.300. The van der Waals surface area contributed by atoms with Gasteiger partial charge in [0.1, 0.15) is 0 Å². The van der Waals surface area contributed by atoms with Crippen molar-refractivity contribution in [1.82, 2.24) is 0 Å². The predicted octanol–water partition coefficient (Wildman–Crippen LogP) is 2.11. The third-order valence-electron chi connectivity index (χ3n) is 1.99. The fourth-order valence-corrected chi connectivity index (χ4v) is 1.37. The largest absolute Gasteiger partial charge is 0.490 e. The van der Waals surface area contributed by atoms with Gasteiger partial charge in [0.25, 0.3) is 0 Å². The molecule has 1 rings (SSSR count). The van der Waals surface area contributed by atoms with Crippen molar-refractivity contribution >= 4 is 11.5 Å². The minimum absolute atomic E-state index is 0.0260. The monoisotopic (exact) mass is 209 g/mol. The van der Waals surface area contributed by atoms with Gasteiger partial charge in [-0.15, -0.1) is 0 Å². The first-order valence-corrected chi connectivity index (χ1v) is 4.31. The van der Waals surface area contributed by atoms with Crippen molar-refractivity contribution < 1.29 is 14.5 Å². The van der Waals surface area contributed by atoms with Crippen LogP contribution in [0, 0.1) is 17.0 Å². The van der Waals surface area contributed by atoms with Crippen LogP contribution in [-0.2, 0) is 0 Å². The Hall–Kier alpha value is -1.91. The van der Waals surface area contributed by atoms with E-state index < -0.39 is 4.92 Å². The lowest BCUT2D eigenvalue weighted by Gasteiger charge is -2.07. The molecule has 0 saturated heterocycles. The van der Waals surface area contributed by atoms with Gasteiger partial charge in [0.15, 0.2) is 5.78 Å². The van der Waals surface area contributed by atoms with Crippen molar-refractivity contribution in [3.05, 3.63) is 33.4 Å². The number of hydrogen-bond donors (Lipinski definition) is 0. The molecule has 80 valence electrons. The van der Waals surface area contributed by atoms with E-state index in [1.165, 1.54) is 20.1 Å². The van der Waals surface area contributed by atoms with E-state index in [0.29, 0.717) is 5.56 Å². The summed E-state index contributed by atoms with van der Waals surface area (Å²) in [7, 11) is 1.31. The normalized spacial score (nSPS) is 9.80. The molecule has 5 heteroatoms. The number of hydrogen-bond acceptors (Lipinski definition) is 4. The van der Waals surface area contributed by atoms with Gasteiger partial charge >= 0.3 is 5.69 Å². The highest BCUT2D eigenvalue weighted by Gasteiger charge is 2.21. The van der Waals surface area contributed by atoms with Crippen molar-refractivity contribution in [1.29, 1.82) is 0 Å². The van der Waals surface area contributed by atoms with Gasteiger partial charge in [-0.3, -0.25) is 14.9 Å². The second-order valence-electron chi connectivity index (χ2n) is 3.18. The SMILES string of the molecule is COc1c(C(C)=O)cc(C)cc1[N+](=O)[O-]. The van der Waals surface area contributed by atoms with E-state index in [0.717, 1.165) is 0 Å². The quantitative estimate of drug-likeness (QED) is 0.434. The van der Waals surface area contributed by atoms with Gasteiger partial charge in [-0.1, -0.05) is 0 Å². The van der Waals surface area contributed by atoms with E-state index in [9.17, 15) is 14.9 Å². The second-order valence-corrected chi connectivity index (χ2v) is 3.18. The molecule has 0 aliphatic rings. The van der Waals surface area contributed by atoms with E-state index in [4.69, 9.17) is 4.74 Å². The van der Waals surface area contributed by atoms with Crippen LogP contribution in [-0.4, -0.2) is 17.8 Å².